The van der Waals surface area contributed by atoms with Crippen molar-refractivity contribution in [2.45, 2.75) is 26.5 Å². The van der Waals surface area contributed by atoms with E-state index in [0.29, 0.717) is 6.61 Å². The van der Waals surface area contributed by atoms with Gasteiger partial charge in [0.05, 0.1) is 11.7 Å². The van der Waals surface area contributed by atoms with E-state index in [9.17, 15) is 0 Å². The lowest BCUT2D eigenvalue weighted by atomic mass is 10.1. The maximum Gasteiger partial charge on any atom is 0.130 e. The van der Waals surface area contributed by atoms with Crippen LogP contribution in [0.1, 0.15) is 31.1 Å². The molecule has 5 nitrogen and oxygen atoms in total. The molecule has 1 atom stereocenters. The van der Waals surface area contributed by atoms with Crippen LogP contribution in [0.15, 0.2) is 53.8 Å². The molecular weight excluding hydrogens is 288 g/mol. The summed E-state index contributed by atoms with van der Waals surface area (Å²) in [5.41, 5.74) is 2.02. The van der Waals surface area contributed by atoms with Crippen LogP contribution in [0, 0.1) is 0 Å². The SMILES string of the molecule is CCN(CC)C(/C=N/N)c1cccc(OCc2ccccn2)c1. The van der Waals surface area contributed by atoms with Crippen LogP contribution >= 0.6 is 0 Å². The molecule has 23 heavy (non-hydrogen) atoms. The Balaban J connectivity index is 2.13. The highest BCUT2D eigenvalue weighted by Crippen LogP contribution is 2.23. The van der Waals surface area contributed by atoms with E-state index in [1.54, 1.807) is 12.4 Å². The maximum atomic E-state index is 5.85. The molecule has 5 heteroatoms. The average Bonchev–Trinajstić information content (AvgIpc) is 2.61. The minimum Gasteiger partial charge on any atom is -0.487 e. The number of ether oxygens (including phenoxy) is 1. The van der Waals surface area contributed by atoms with Gasteiger partial charge in [0.2, 0.25) is 0 Å². The summed E-state index contributed by atoms with van der Waals surface area (Å²) < 4.78 is 5.85. The molecule has 2 rings (SSSR count). The molecule has 122 valence electrons. The Bertz CT molecular complexity index is 611. The van der Waals surface area contributed by atoms with Crippen molar-refractivity contribution in [2.24, 2.45) is 10.9 Å². The van der Waals surface area contributed by atoms with Gasteiger partial charge >= 0.3 is 0 Å². The third-order valence-electron chi connectivity index (χ3n) is 3.75. The van der Waals surface area contributed by atoms with Gasteiger partial charge in [-0.05, 0) is 42.9 Å². The zero-order valence-corrected chi connectivity index (χ0v) is 13.7. The lowest BCUT2D eigenvalue weighted by Crippen LogP contribution is -2.29. The molecule has 0 amide bonds. The fourth-order valence-electron chi connectivity index (χ4n) is 2.52. The summed E-state index contributed by atoms with van der Waals surface area (Å²) in [7, 11) is 0. The van der Waals surface area contributed by atoms with Crippen molar-refractivity contribution < 1.29 is 4.74 Å². The zero-order chi connectivity index (χ0) is 16.5. The van der Waals surface area contributed by atoms with E-state index < -0.39 is 0 Å². The highest BCUT2D eigenvalue weighted by molar-refractivity contribution is 5.67. The Kier molecular flexibility index (Phi) is 6.56. The third kappa shape index (κ3) is 4.79. The van der Waals surface area contributed by atoms with Gasteiger partial charge in [-0.1, -0.05) is 32.0 Å². The molecule has 1 unspecified atom stereocenters. The number of rotatable bonds is 8. The molecule has 2 aromatic rings. The van der Waals surface area contributed by atoms with Gasteiger partial charge in [-0.2, -0.15) is 5.10 Å². The number of aromatic nitrogens is 1. The van der Waals surface area contributed by atoms with Gasteiger partial charge in [-0.25, -0.2) is 0 Å². The zero-order valence-electron chi connectivity index (χ0n) is 13.7. The lowest BCUT2D eigenvalue weighted by molar-refractivity contribution is 0.272. The highest BCUT2D eigenvalue weighted by atomic mass is 16.5. The van der Waals surface area contributed by atoms with Crippen molar-refractivity contribution >= 4 is 6.21 Å². The molecule has 0 spiro atoms. The first-order chi connectivity index (χ1) is 11.3. The first kappa shape index (κ1) is 17.0. The van der Waals surface area contributed by atoms with E-state index >= 15 is 0 Å². The molecule has 1 heterocycles. The van der Waals surface area contributed by atoms with Crippen LogP contribution < -0.4 is 10.6 Å². The van der Waals surface area contributed by atoms with Crippen molar-refractivity contribution in [3.05, 3.63) is 59.9 Å². The third-order valence-corrected chi connectivity index (χ3v) is 3.75. The van der Waals surface area contributed by atoms with E-state index in [0.717, 1.165) is 30.1 Å². The van der Waals surface area contributed by atoms with E-state index in [1.165, 1.54) is 0 Å². The van der Waals surface area contributed by atoms with Crippen molar-refractivity contribution in [3.63, 3.8) is 0 Å². The fourth-order valence-corrected chi connectivity index (χ4v) is 2.52. The molecule has 0 bridgehead atoms. The number of benzene rings is 1. The predicted octanol–water partition coefficient (Wildman–Crippen LogP) is 2.99. The first-order valence-corrected chi connectivity index (χ1v) is 7.88. The summed E-state index contributed by atoms with van der Waals surface area (Å²) in [5.74, 6) is 6.21. The summed E-state index contributed by atoms with van der Waals surface area (Å²) in [6.45, 7) is 6.55. The molecule has 0 radical (unpaired) electrons. The Morgan fingerprint density at radius 2 is 2.04 bits per heavy atom. The van der Waals surface area contributed by atoms with Crippen molar-refractivity contribution in [2.75, 3.05) is 13.1 Å². The number of pyridine rings is 1. The van der Waals surface area contributed by atoms with Crippen molar-refractivity contribution in [1.29, 1.82) is 0 Å². The van der Waals surface area contributed by atoms with Crippen LogP contribution in [0.25, 0.3) is 0 Å². The minimum absolute atomic E-state index is 0.0494. The van der Waals surface area contributed by atoms with E-state index in [4.69, 9.17) is 10.6 Å². The average molecular weight is 312 g/mol. The van der Waals surface area contributed by atoms with E-state index in [1.807, 2.05) is 36.4 Å². The molecular formula is C18H24N4O. The van der Waals surface area contributed by atoms with E-state index in [2.05, 4.69) is 34.9 Å². The number of nitrogens with zero attached hydrogens (tertiary/aromatic N) is 3. The quantitative estimate of drug-likeness (QED) is 0.462. The lowest BCUT2D eigenvalue weighted by Gasteiger charge is -2.27. The topological polar surface area (TPSA) is 63.7 Å². The smallest absolute Gasteiger partial charge is 0.130 e. The summed E-state index contributed by atoms with van der Waals surface area (Å²) in [5, 5.41) is 3.73. The van der Waals surface area contributed by atoms with Crippen molar-refractivity contribution in [3.8, 4) is 5.75 Å². The molecule has 0 fully saturated rings. The molecule has 0 aliphatic rings. The van der Waals surface area contributed by atoms with Gasteiger partial charge in [0, 0.05) is 12.4 Å². The highest BCUT2D eigenvalue weighted by Gasteiger charge is 2.16. The number of nitrogens with two attached hydrogens (primary N) is 1. The maximum absolute atomic E-state index is 5.85. The Morgan fingerprint density at radius 1 is 1.22 bits per heavy atom. The Labute approximate surface area is 137 Å². The minimum atomic E-state index is 0.0494. The fraction of sp³-hybridized carbons (Fsp3) is 0.333. The molecule has 2 N–H and O–H groups in total. The van der Waals surface area contributed by atoms with E-state index in [-0.39, 0.29) is 6.04 Å². The largest absolute Gasteiger partial charge is 0.487 e. The Morgan fingerprint density at radius 3 is 2.70 bits per heavy atom. The second-order valence-corrected chi connectivity index (χ2v) is 5.15. The molecule has 0 saturated carbocycles. The number of hydrogen-bond donors (Lipinski definition) is 1. The molecule has 0 saturated heterocycles. The van der Waals surface area contributed by atoms with Crippen LogP contribution in [0.2, 0.25) is 0 Å². The summed E-state index contributed by atoms with van der Waals surface area (Å²) in [6, 6.07) is 13.9. The molecule has 1 aromatic carbocycles. The first-order valence-electron chi connectivity index (χ1n) is 7.88. The number of hydrazone groups is 1. The van der Waals surface area contributed by atoms with Gasteiger partial charge in [-0.3, -0.25) is 9.88 Å². The summed E-state index contributed by atoms with van der Waals surface area (Å²) in [4.78, 5) is 6.55. The number of hydrogen-bond acceptors (Lipinski definition) is 5. The van der Waals surface area contributed by atoms with Gasteiger partial charge < -0.3 is 10.6 Å². The Hall–Kier alpha value is -2.40. The molecule has 1 aromatic heterocycles. The van der Waals surface area contributed by atoms with Crippen LogP contribution in [-0.2, 0) is 6.61 Å². The van der Waals surface area contributed by atoms with Crippen LogP contribution in [0.5, 0.6) is 5.75 Å². The van der Waals surface area contributed by atoms with Crippen LogP contribution in [0.4, 0.5) is 0 Å². The normalized spacial score (nSPS) is 12.7. The van der Waals surface area contributed by atoms with Crippen LogP contribution in [-0.4, -0.2) is 29.2 Å². The second kappa shape index (κ2) is 8.90. The van der Waals surface area contributed by atoms with Gasteiger partial charge in [0.25, 0.3) is 0 Å². The van der Waals surface area contributed by atoms with Crippen molar-refractivity contribution in [1.82, 2.24) is 9.88 Å². The molecule has 0 aliphatic heterocycles. The predicted molar refractivity (Wildman–Crippen MR) is 93.4 cm³/mol. The standard InChI is InChI=1S/C18H24N4O/c1-3-22(4-2)18(13-21-19)15-8-7-10-17(12-15)23-14-16-9-5-6-11-20-16/h5-13,18H,3-4,14,19H2,1-2H3/b21-13+. The van der Waals surface area contributed by atoms with Gasteiger partial charge in [-0.15, -0.1) is 0 Å². The summed E-state index contributed by atoms with van der Waals surface area (Å²) >= 11 is 0. The monoisotopic (exact) mass is 312 g/mol. The summed E-state index contributed by atoms with van der Waals surface area (Å²) in [6.07, 6.45) is 3.54. The van der Waals surface area contributed by atoms with Crippen LogP contribution in [0.3, 0.4) is 0 Å². The molecule has 0 aliphatic carbocycles. The van der Waals surface area contributed by atoms with Gasteiger partial charge in [0.15, 0.2) is 0 Å². The van der Waals surface area contributed by atoms with Gasteiger partial charge in [0.1, 0.15) is 12.4 Å². The second-order valence-electron chi connectivity index (χ2n) is 5.15.